The maximum absolute atomic E-state index is 12.2. The Bertz CT molecular complexity index is 1120. The van der Waals surface area contributed by atoms with Crippen LogP contribution in [0.4, 0.5) is 5.69 Å². The van der Waals surface area contributed by atoms with Crippen LogP contribution < -0.4 is 16.2 Å². The van der Waals surface area contributed by atoms with Gasteiger partial charge in [0.05, 0.1) is 11.5 Å². The number of furan rings is 1. The molecule has 0 unspecified atom stereocenters. The summed E-state index contributed by atoms with van der Waals surface area (Å²) >= 11 is 0. The Hall–Kier alpha value is -4.21. The number of hydrogen-bond acceptors (Lipinski definition) is 6. The molecule has 2 aromatic carbocycles. The van der Waals surface area contributed by atoms with Gasteiger partial charge < -0.3 is 9.73 Å². The molecule has 3 amide bonds. The van der Waals surface area contributed by atoms with Crippen LogP contribution in [-0.2, 0) is 4.79 Å². The highest BCUT2D eigenvalue weighted by atomic mass is 16.6. The summed E-state index contributed by atoms with van der Waals surface area (Å²) in [7, 11) is 0. The number of nitrogens with one attached hydrogen (secondary N) is 3. The van der Waals surface area contributed by atoms with Crippen LogP contribution in [0.5, 0.6) is 0 Å². The number of nitro groups is 1. The molecule has 3 N–H and O–H groups in total. The molecule has 0 aliphatic carbocycles. The number of non-ortho nitro benzene ring substituents is 1. The molecule has 0 atom stereocenters. The summed E-state index contributed by atoms with van der Waals surface area (Å²) < 4.78 is 5.49. The largest absolute Gasteiger partial charge is 0.451 e. The Morgan fingerprint density at radius 1 is 1.03 bits per heavy atom. The van der Waals surface area contributed by atoms with Crippen LogP contribution in [0, 0.1) is 17.0 Å². The van der Waals surface area contributed by atoms with Gasteiger partial charge in [0.2, 0.25) is 0 Å². The van der Waals surface area contributed by atoms with Gasteiger partial charge in [-0.3, -0.25) is 35.3 Å². The fourth-order valence-corrected chi connectivity index (χ4v) is 2.64. The summed E-state index contributed by atoms with van der Waals surface area (Å²) in [6.07, 6.45) is 0. The van der Waals surface area contributed by atoms with E-state index < -0.39 is 29.2 Å². The zero-order valence-electron chi connectivity index (χ0n) is 15.2. The monoisotopic (exact) mass is 396 g/mol. The number of carbonyl (C=O) groups excluding carboxylic acids is 3. The number of hydrazine groups is 1. The van der Waals surface area contributed by atoms with E-state index in [1.165, 1.54) is 18.2 Å². The smallest absolute Gasteiger partial charge is 0.305 e. The normalized spacial score (nSPS) is 10.4. The van der Waals surface area contributed by atoms with E-state index in [4.69, 9.17) is 4.42 Å². The molecule has 1 aromatic heterocycles. The van der Waals surface area contributed by atoms with E-state index in [1.54, 1.807) is 19.1 Å². The first-order valence-electron chi connectivity index (χ1n) is 8.47. The third-order valence-electron chi connectivity index (χ3n) is 4.09. The first kappa shape index (κ1) is 19.5. The summed E-state index contributed by atoms with van der Waals surface area (Å²) in [5.41, 5.74) is 5.36. The Labute approximate surface area is 164 Å². The van der Waals surface area contributed by atoms with Crippen LogP contribution in [0.15, 0.2) is 52.9 Å². The number of fused-ring (bicyclic) bond motifs is 1. The minimum Gasteiger partial charge on any atom is -0.451 e. The molecule has 10 nitrogen and oxygen atoms in total. The molecule has 0 saturated carbocycles. The minimum atomic E-state index is -0.689. The number of nitro benzene ring substituents is 1. The Morgan fingerprint density at radius 3 is 2.52 bits per heavy atom. The summed E-state index contributed by atoms with van der Waals surface area (Å²) in [4.78, 5) is 46.2. The number of nitrogens with zero attached hydrogens (tertiary/aromatic N) is 1. The maximum Gasteiger partial charge on any atom is 0.305 e. The summed E-state index contributed by atoms with van der Waals surface area (Å²) in [5, 5.41) is 13.8. The van der Waals surface area contributed by atoms with Crippen molar-refractivity contribution in [2.24, 2.45) is 0 Å². The van der Waals surface area contributed by atoms with Crippen molar-refractivity contribution >= 4 is 34.4 Å². The predicted molar refractivity (Wildman–Crippen MR) is 102 cm³/mol. The lowest BCUT2D eigenvalue weighted by atomic mass is 10.1. The van der Waals surface area contributed by atoms with Gasteiger partial charge in [-0.05, 0) is 19.1 Å². The van der Waals surface area contributed by atoms with Crippen molar-refractivity contribution in [2.45, 2.75) is 6.92 Å². The molecule has 0 fully saturated rings. The summed E-state index contributed by atoms with van der Waals surface area (Å²) in [6, 6.07) is 12.2. The number of para-hydroxylation sites is 1. The Kier molecular flexibility index (Phi) is 5.54. The lowest BCUT2D eigenvalue weighted by Gasteiger charge is -2.08. The van der Waals surface area contributed by atoms with Crippen LogP contribution >= 0.6 is 0 Å². The van der Waals surface area contributed by atoms with E-state index in [-0.39, 0.29) is 17.0 Å². The zero-order valence-corrected chi connectivity index (χ0v) is 15.2. The van der Waals surface area contributed by atoms with Gasteiger partial charge in [0.25, 0.3) is 17.5 Å². The van der Waals surface area contributed by atoms with Gasteiger partial charge in [0.15, 0.2) is 5.76 Å². The average molecular weight is 396 g/mol. The first-order valence-corrected chi connectivity index (χ1v) is 8.47. The molecule has 148 valence electrons. The molecule has 0 aliphatic heterocycles. The van der Waals surface area contributed by atoms with Gasteiger partial charge in [-0.15, -0.1) is 0 Å². The van der Waals surface area contributed by atoms with Crippen molar-refractivity contribution in [1.29, 1.82) is 0 Å². The standard InChI is InChI=1S/C19H16N4O6/c1-11-14-7-2-3-8-15(14)29-17(11)19(26)22-21-16(24)10-20-18(25)12-5-4-6-13(9-12)23(27)28/h2-9H,10H2,1H3,(H,20,25)(H,21,24)(H,22,26). The SMILES string of the molecule is Cc1c(C(=O)NNC(=O)CNC(=O)c2cccc([N+](=O)[O-])c2)oc2ccccc12. The van der Waals surface area contributed by atoms with E-state index in [2.05, 4.69) is 16.2 Å². The zero-order chi connectivity index (χ0) is 21.0. The molecule has 0 bridgehead atoms. The fourth-order valence-electron chi connectivity index (χ4n) is 2.64. The molecule has 3 aromatic rings. The number of hydrogen-bond donors (Lipinski definition) is 3. The molecular weight excluding hydrogens is 380 g/mol. The second-order valence-corrected chi connectivity index (χ2v) is 6.04. The van der Waals surface area contributed by atoms with E-state index in [9.17, 15) is 24.5 Å². The van der Waals surface area contributed by atoms with Gasteiger partial charge in [-0.25, -0.2) is 0 Å². The van der Waals surface area contributed by atoms with E-state index in [0.29, 0.717) is 11.1 Å². The average Bonchev–Trinajstić information content (AvgIpc) is 3.07. The van der Waals surface area contributed by atoms with Crippen LogP contribution in [0.2, 0.25) is 0 Å². The molecule has 0 saturated heterocycles. The lowest BCUT2D eigenvalue weighted by molar-refractivity contribution is -0.384. The Morgan fingerprint density at radius 2 is 1.79 bits per heavy atom. The molecule has 3 rings (SSSR count). The number of amides is 3. The molecule has 10 heteroatoms. The van der Waals surface area contributed by atoms with Gasteiger partial charge in [-0.1, -0.05) is 24.3 Å². The second-order valence-electron chi connectivity index (χ2n) is 6.04. The van der Waals surface area contributed by atoms with Gasteiger partial charge >= 0.3 is 5.91 Å². The highest BCUT2D eigenvalue weighted by Crippen LogP contribution is 2.24. The van der Waals surface area contributed by atoms with Crippen molar-refractivity contribution in [3.8, 4) is 0 Å². The number of benzene rings is 2. The third kappa shape index (κ3) is 4.38. The number of rotatable bonds is 5. The van der Waals surface area contributed by atoms with Crippen LogP contribution in [-0.4, -0.2) is 29.2 Å². The maximum atomic E-state index is 12.2. The number of aryl methyl sites for hydroxylation is 1. The van der Waals surface area contributed by atoms with Crippen molar-refractivity contribution < 1.29 is 23.7 Å². The van der Waals surface area contributed by atoms with Crippen molar-refractivity contribution in [3.63, 3.8) is 0 Å². The van der Waals surface area contributed by atoms with Crippen LogP contribution in [0.25, 0.3) is 11.0 Å². The molecule has 1 heterocycles. The first-order chi connectivity index (χ1) is 13.9. The fraction of sp³-hybridized carbons (Fsp3) is 0.105. The minimum absolute atomic E-state index is 0.0361. The van der Waals surface area contributed by atoms with Crippen molar-refractivity contribution in [1.82, 2.24) is 16.2 Å². The molecule has 0 spiro atoms. The highest BCUT2D eigenvalue weighted by molar-refractivity contribution is 6.00. The van der Waals surface area contributed by atoms with Crippen molar-refractivity contribution in [2.75, 3.05) is 6.54 Å². The molecule has 0 radical (unpaired) electrons. The van der Waals surface area contributed by atoms with E-state index >= 15 is 0 Å². The van der Waals surface area contributed by atoms with Gasteiger partial charge in [0.1, 0.15) is 5.58 Å². The molecular formula is C19H16N4O6. The van der Waals surface area contributed by atoms with Crippen molar-refractivity contribution in [3.05, 3.63) is 75.5 Å². The second kappa shape index (κ2) is 8.21. The number of carbonyl (C=O) groups is 3. The summed E-state index contributed by atoms with van der Waals surface area (Å²) in [5.74, 6) is -1.93. The topological polar surface area (TPSA) is 144 Å². The highest BCUT2D eigenvalue weighted by Gasteiger charge is 2.18. The lowest BCUT2D eigenvalue weighted by Crippen LogP contribution is -2.46. The molecule has 29 heavy (non-hydrogen) atoms. The van der Waals surface area contributed by atoms with Crippen LogP contribution in [0.1, 0.15) is 26.5 Å². The van der Waals surface area contributed by atoms with Crippen LogP contribution in [0.3, 0.4) is 0 Å². The summed E-state index contributed by atoms with van der Waals surface area (Å²) in [6.45, 7) is 1.28. The predicted octanol–water partition coefficient (Wildman–Crippen LogP) is 1.84. The van der Waals surface area contributed by atoms with E-state index in [1.807, 2.05) is 12.1 Å². The third-order valence-corrected chi connectivity index (χ3v) is 4.09. The Balaban J connectivity index is 1.53. The van der Waals surface area contributed by atoms with E-state index in [0.717, 1.165) is 11.5 Å². The van der Waals surface area contributed by atoms with Gasteiger partial charge in [-0.2, -0.15) is 0 Å². The quantitative estimate of drug-likeness (QED) is 0.443. The van der Waals surface area contributed by atoms with Gasteiger partial charge in [0, 0.05) is 28.6 Å². The molecule has 0 aliphatic rings.